The van der Waals surface area contributed by atoms with Crippen LogP contribution in [0.1, 0.15) is 5.69 Å². The van der Waals surface area contributed by atoms with Crippen molar-refractivity contribution in [3.05, 3.63) is 28.5 Å². The number of hydrogen-bond donors (Lipinski definition) is 1. The van der Waals surface area contributed by atoms with Gasteiger partial charge in [-0.1, -0.05) is 0 Å². The molecule has 0 aliphatic heterocycles. The van der Waals surface area contributed by atoms with Gasteiger partial charge < -0.3 is 10.5 Å². The molecule has 0 aromatic carbocycles. The van der Waals surface area contributed by atoms with Crippen LogP contribution < -0.4 is 5.73 Å². The number of amides is 1. The Morgan fingerprint density at radius 1 is 1.47 bits per heavy atom. The Balaban J connectivity index is 2.44. The Morgan fingerprint density at radius 3 is 2.73 bits per heavy atom. The molecule has 1 aromatic rings. The largest absolute Gasteiger partial charge is 0.455 e. The average Bonchev–Trinajstić information content (AvgIpc) is 2.19. The van der Waals surface area contributed by atoms with Gasteiger partial charge in [0.05, 0.1) is 12.1 Å². The van der Waals surface area contributed by atoms with Crippen LogP contribution in [-0.2, 0) is 20.7 Å². The summed E-state index contributed by atoms with van der Waals surface area (Å²) in [5.41, 5.74) is 5.39. The summed E-state index contributed by atoms with van der Waals surface area (Å²) >= 11 is 3.22. The number of carbonyl (C=O) groups excluding carboxylic acids is 2. The molecule has 0 fully saturated rings. The zero-order chi connectivity index (χ0) is 11.3. The van der Waals surface area contributed by atoms with E-state index >= 15 is 0 Å². The molecule has 0 atom stereocenters. The molecule has 6 heteroatoms. The standard InChI is InChI=1S/C9H9BrN2O3/c10-6-1-2-7(12-4-6)3-9(14)15-5-8(11)13/h1-2,4H,3,5H2,(H2,11,13). The molecule has 1 amide bonds. The predicted octanol–water partition coefficient (Wildman–Crippen LogP) is 0.415. The maximum Gasteiger partial charge on any atom is 0.312 e. The van der Waals surface area contributed by atoms with Gasteiger partial charge in [0.1, 0.15) is 0 Å². The number of nitrogens with zero attached hydrogens (tertiary/aromatic N) is 1. The van der Waals surface area contributed by atoms with E-state index in [9.17, 15) is 9.59 Å². The fraction of sp³-hybridized carbons (Fsp3) is 0.222. The highest BCUT2D eigenvalue weighted by Crippen LogP contribution is 2.07. The first-order valence-corrected chi connectivity index (χ1v) is 4.91. The first-order chi connectivity index (χ1) is 7.08. The molecule has 80 valence electrons. The Morgan fingerprint density at radius 2 is 2.20 bits per heavy atom. The minimum Gasteiger partial charge on any atom is -0.455 e. The monoisotopic (exact) mass is 272 g/mol. The second-order valence-corrected chi connectivity index (χ2v) is 3.69. The van der Waals surface area contributed by atoms with Crippen LogP contribution in [0.5, 0.6) is 0 Å². The van der Waals surface area contributed by atoms with Crippen LogP contribution in [0.4, 0.5) is 0 Å². The number of pyridine rings is 1. The summed E-state index contributed by atoms with van der Waals surface area (Å²) in [5.74, 6) is -1.20. The lowest BCUT2D eigenvalue weighted by molar-refractivity contribution is -0.147. The Labute approximate surface area is 94.8 Å². The minimum absolute atomic E-state index is 0.0283. The van der Waals surface area contributed by atoms with Crippen molar-refractivity contribution in [2.45, 2.75) is 6.42 Å². The number of ether oxygens (including phenoxy) is 1. The molecule has 0 saturated heterocycles. The van der Waals surface area contributed by atoms with Crippen molar-refractivity contribution in [2.75, 3.05) is 6.61 Å². The summed E-state index contributed by atoms with van der Waals surface area (Å²) in [6.45, 7) is -0.393. The highest BCUT2D eigenvalue weighted by atomic mass is 79.9. The van der Waals surface area contributed by atoms with E-state index in [1.165, 1.54) is 0 Å². The van der Waals surface area contributed by atoms with Gasteiger partial charge in [0.15, 0.2) is 6.61 Å². The van der Waals surface area contributed by atoms with E-state index in [-0.39, 0.29) is 6.42 Å². The third-order valence-electron chi connectivity index (χ3n) is 1.49. The Bertz CT molecular complexity index is 364. The van der Waals surface area contributed by atoms with Gasteiger partial charge in [-0.15, -0.1) is 0 Å². The van der Waals surface area contributed by atoms with Gasteiger partial charge in [-0.05, 0) is 28.1 Å². The van der Waals surface area contributed by atoms with Crippen LogP contribution in [0, 0.1) is 0 Å². The third-order valence-corrected chi connectivity index (χ3v) is 1.96. The van der Waals surface area contributed by atoms with E-state index in [2.05, 4.69) is 25.7 Å². The maximum absolute atomic E-state index is 11.1. The minimum atomic E-state index is -0.674. The van der Waals surface area contributed by atoms with Crippen LogP contribution in [-0.4, -0.2) is 23.5 Å². The smallest absolute Gasteiger partial charge is 0.312 e. The van der Waals surface area contributed by atoms with Gasteiger partial charge in [-0.3, -0.25) is 14.6 Å². The molecule has 1 rings (SSSR count). The van der Waals surface area contributed by atoms with Gasteiger partial charge in [0.2, 0.25) is 0 Å². The molecular formula is C9H9BrN2O3. The maximum atomic E-state index is 11.1. The summed E-state index contributed by atoms with van der Waals surface area (Å²) in [7, 11) is 0. The molecule has 0 radical (unpaired) electrons. The van der Waals surface area contributed by atoms with Crippen molar-refractivity contribution in [3.63, 3.8) is 0 Å². The first kappa shape index (κ1) is 11.6. The fourth-order valence-corrected chi connectivity index (χ4v) is 1.10. The van der Waals surface area contributed by atoms with Crippen molar-refractivity contribution in [3.8, 4) is 0 Å². The summed E-state index contributed by atoms with van der Waals surface area (Å²) < 4.78 is 5.40. The van der Waals surface area contributed by atoms with Crippen molar-refractivity contribution in [1.29, 1.82) is 0 Å². The van der Waals surface area contributed by atoms with Gasteiger partial charge in [-0.2, -0.15) is 0 Å². The number of halogens is 1. The Hall–Kier alpha value is -1.43. The van der Waals surface area contributed by atoms with E-state index in [0.29, 0.717) is 5.69 Å². The van der Waals surface area contributed by atoms with Crippen LogP contribution in [0.25, 0.3) is 0 Å². The molecule has 0 spiro atoms. The highest BCUT2D eigenvalue weighted by Gasteiger charge is 2.07. The zero-order valence-electron chi connectivity index (χ0n) is 7.77. The van der Waals surface area contributed by atoms with E-state index < -0.39 is 18.5 Å². The van der Waals surface area contributed by atoms with E-state index in [4.69, 9.17) is 5.73 Å². The predicted molar refractivity (Wildman–Crippen MR) is 55.8 cm³/mol. The summed E-state index contributed by atoms with van der Waals surface area (Å²) in [5, 5.41) is 0. The molecule has 0 aliphatic rings. The van der Waals surface area contributed by atoms with Gasteiger partial charge in [-0.25, -0.2) is 0 Å². The third kappa shape index (κ3) is 4.55. The van der Waals surface area contributed by atoms with E-state index in [1.54, 1.807) is 18.3 Å². The molecule has 0 saturated carbocycles. The topological polar surface area (TPSA) is 82.3 Å². The van der Waals surface area contributed by atoms with Crippen LogP contribution >= 0.6 is 15.9 Å². The number of rotatable bonds is 4. The molecule has 1 aromatic heterocycles. The number of nitrogens with two attached hydrogens (primary N) is 1. The SMILES string of the molecule is NC(=O)COC(=O)Cc1ccc(Br)cn1. The number of primary amides is 1. The second-order valence-electron chi connectivity index (χ2n) is 2.77. The lowest BCUT2D eigenvalue weighted by atomic mass is 10.3. The first-order valence-electron chi connectivity index (χ1n) is 4.12. The molecule has 2 N–H and O–H groups in total. The van der Waals surface area contributed by atoms with Crippen LogP contribution in [0.15, 0.2) is 22.8 Å². The molecule has 0 aliphatic carbocycles. The van der Waals surface area contributed by atoms with E-state index in [0.717, 1.165) is 4.47 Å². The molecule has 1 heterocycles. The molecule has 15 heavy (non-hydrogen) atoms. The lowest BCUT2D eigenvalue weighted by Gasteiger charge is -2.01. The summed E-state index contributed by atoms with van der Waals surface area (Å²) in [6.07, 6.45) is 1.61. The van der Waals surface area contributed by atoms with E-state index in [1.807, 2.05) is 0 Å². The summed E-state index contributed by atoms with van der Waals surface area (Å²) in [4.78, 5) is 25.4. The molecule has 5 nitrogen and oxygen atoms in total. The van der Waals surface area contributed by atoms with Gasteiger partial charge in [0, 0.05) is 10.7 Å². The highest BCUT2D eigenvalue weighted by molar-refractivity contribution is 9.10. The number of hydrogen-bond acceptors (Lipinski definition) is 4. The van der Waals surface area contributed by atoms with Crippen molar-refractivity contribution in [1.82, 2.24) is 4.98 Å². The fourth-order valence-electron chi connectivity index (χ4n) is 0.862. The van der Waals surface area contributed by atoms with Crippen molar-refractivity contribution >= 4 is 27.8 Å². The van der Waals surface area contributed by atoms with Crippen LogP contribution in [0.3, 0.4) is 0 Å². The number of esters is 1. The van der Waals surface area contributed by atoms with Gasteiger partial charge >= 0.3 is 5.97 Å². The lowest BCUT2D eigenvalue weighted by Crippen LogP contribution is -2.21. The van der Waals surface area contributed by atoms with Crippen LogP contribution in [0.2, 0.25) is 0 Å². The van der Waals surface area contributed by atoms with Crippen molar-refractivity contribution < 1.29 is 14.3 Å². The average molecular weight is 273 g/mol. The van der Waals surface area contributed by atoms with Gasteiger partial charge in [0.25, 0.3) is 5.91 Å². The second kappa shape index (κ2) is 5.45. The Kier molecular flexibility index (Phi) is 4.23. The molecule has 0 unspecified atom stereocenters. The molecule has 0 bridgehead atoms. The quantitative estimate of drug-likeness (QED) is 0.806. The molecular weight excluding hydrogens is 264 g/mol. The van der Waals surface area contributed by atoms with Crippen molar-refractivity contribution in [2.24, 2.45) is 5.73 Å². The normalized spacial score (nSPS) is 9.67. The number of carbonyl (C=O) groups is 2. The summed E-state index contributed by atoms with van der Waals surface area (Å²) in [6, 6.07) is 3.46. The zero-order valence-corrected chi connectivity index (χ0v) is 9.36. The number of aromatic nitrogens is 1.